The van der Waals surface area contributed by atoms with E-state index in [1.165, 1.54) is 11.8 Å². The molecule has 2 amide bonds. The van der Waals surface area contributed by atoms with Gasteiger partial charge in [-0.05, 0) is 57.2 Å². The van der Waals surface area contributed by atoms with Crippen LogP contribution < -0.4 is 15.5 Å². The average Bonchev–Trinajstić information content (AvgIpc) is 3.35. The van der Waals surface area contributed by atoms with Gasteiger partial charge in [0.1, 0.15) is 17.3 Å². The molecular weight excluding hydrogens is 466 g/mol. The molecule has 0 atom stereocenters. The number of hydrogen-bond donors (Lipinski definition) is 3. The summed E-state index contributed by atoms with van der Waals surface area (Å²) in [6, 6.07) is 7.41. The summed E-state index contributed by atoms with van der Waals surface area (Å²) in [5.41, 5.74) is 1.42. The summed E-state index contributed by atoms with van der Waals surface area (Å²) in [5.74, 6) is 1.11. The molecule has 186 valence electrons. The fourth-order valence-electron chi connectivity index (χ4n) is 3.70. The number of carbonyl (C=O) groups is 2. The van der Waals surface area contributed by atoms with E-state index < -0.39 is 5.91 Å². The zero-order valence-corrected chi connectivity index (χ0v) is 21.0. The largest absolute Gasteiger partial charge is 0.393 e. The lowest BCUT2D eigenvalue weighted by Crippen LogP contribution is -2.41. The van der Waals surface area contributed by atoms with Crippen LogP contribution in [0.4, 0.5) is 5.82 Å². The maximum Gasteiger partial charge on any atom is 0.272 e. The molecule has 0 radical (unpaired) electrons. The number of amidine groups is 1. The Labute approximate surface area is 208 Å². The molecule has 0 unspecified atom stereocenters. The SMILES string of the molecule is CC(C)(C)n1ccc(C(=O)NCC(=O)NC2=NC(c3cccc(N4CCC(O)CC4)n3)=CSC2)n1. The number of nitrogens with zero attached hydrogens (tertiary/aromatic N) is 5. The monoisotopic (exact) mass is 497 g/mol. The summed E-state index contributed by atoms with van der Waals surface area (Å²) in [6.07, 6.45) is 2.96. The maximum atomic E-state index is 12.4. The number of carbonyl (C=O) groups excluding carboxylic acids is 2. The summed E-state index contributed by atoms with van der Waals surface area (Å²) in [5, 5.41) is 21.3. The van der Waals surface area contributed by atoms with Crippen LogP contribution in [0.3, 0.4) is 0 Å². The number of rotatable bonds is 5. The van der Waals surface area contributed by atoms with E-state index in [2.05, 4.69) is 25.6 Å². The van der Waals surface area contributed by atoms with Crippen LogP contribution in [0.1, 0.15) is 49.8 Å². The molecule has 4 heterocycles. The van der Waals surface area contributed by atoms with Crippen molar-refractivity contribution in [3.05, 3.63) is 47.3 Å². The Balaban J connectivity index is 1.33. The number of anilines is 1. The summed E-state index contributed by atoms with van der Waals surface area (Å²) >= 11 is 1.52. The minimum atomic E-state index is -0.407. The van der Waals surface area contributed by atoms with Gasteiger partial charge in [0.2, 0.25) is 5.91 Å². The van der Waals surface area contributed by atoms with Gasteiger partial charge in [-0.15, -0.1) is 11.8 Å². The van der Waals surface area contributed by atoms with E-state index in [9.17, 15) is 14.7 Å². The Morgan fingerprint density at radius 1 is 1.20 bits per heavy atom. The van der Waals surface area contributed by atoms with Gasteiger partial charge in [-0.2, -0.15) is 5.10 Å². The van der Waals surface area contributed by atoms with E-state index in [1.807, 2.05) is 44.4 Å². The highest BCUT2D eigenvalue weighted by atomic mass is 32.2. The second-order valence-corrected chi connectivity index (χ2v) is 10.4. The predicted molar refractivity (Wildman–Crippen MR) is 137 cm³/mol. The Morgan fingerprint density at radius 2 is 1.97 bits per heavy atom. The molecule has 3 N–H and O–H groups in total. The summed E-state index contributed by atoms with van der Waals surface area (Å²) in [4.78, 5) is 36.3. The predicted octanol–water partition coefficient (Wildman–Crippen LogP) is 1.98. The van der Waals surface area contributed by atoms with Crippen LogP contribution >= 0.6 is 11.8 Å². The first-order valence-corrected chi connectivity index (χ1v) is 12.7. The van der Waals surface area contributed by atoms with E-state index in [4.69, 9.17) is 4.98 Å². The molecule has 11 heteroatoms. The molecule has 0 spiro atoms. The van der Waals surface area contributed by atoms with E-state index in [0.29, 0.717) is 17.3 Å². The quantitative estimate of drug-likeness (QED) is 0.577. The molecule has 2 aliphatic rings. The third kappa shape index (κ3) is 6.49. The molecule has 4 rings (SSSR count). The minimum Gasteiger partial charge on any atom is -0.393 e. The van der Waals surface area contributed by atoms with Gasteiger partial charge >= 0.3 is 0 Å². The Morgan fingerprint density at radius 3 is 2.69 bits per heavy atom. The van der Waals surface area contributed by atoms with Crippen LogP contribution in [0.25, 0.3) is 5.70 Å². The second-order valence-electron chi connectivity index (χ2n) is 9.52. The first kappa shape index (κ1) is 24.9. The normalized spacial score (nSPS) is 17.0. The van der Waals surface area contributed by atoms with Crippen LogP contribution in [0.15, 0.2) is 40.9 Å². The van der Waals surface area contributed by atoms with Crippen molar-refractivity contribution >= 4 is 40.9 Å². The molecule has 0 bridgehead atoms. The second kappa shape index (κ2) is 10.6. The molecule has 0 aliphatic carbocycles. The van der Waals surface area contributed by atoms with Gasteiger partial charge in [0.05, 0.1) is 35.3 Å². The van der Waals surface area contributed by atoms with Crippen LogP contribution in [-0.2, 0) is 10.3 Å². The number of aliphatic hydroxyl groups excluding tert-OH is 1. The molecule has 10 nitrogen and oxygen atoms in total. The van der Waals surface area contributed by atoms with Crippen molar-refractivity contribution in [3.63, 3.8) is 0 Å². The van der Waals surface area contributed by atoms with Crippen LogP contribution in [-0.4, -0.2) is 69.0 Å². The molecule has 2 aliphatic heterocycles. The third-order valence-corrected chi connectivity index (χ3v) is 6.49. The molecule has 1 fully saturated rings. The Hall–Kier alpha value is -3.18. The zero-order valence-electron chi connectivity index (χ0n) is 20.2. The van der Waals surface area contributed by atoms with Gasteiger partial charge < -0.3 is 20.6 Å². The summed E-state index contributed by atoms with van der Waals surface area (Å²) in [6.45, 7) is 7.32. The lowest BCUT2D eigenvalue weighted by Gasteiger charge is -2.30. The number of thioether (sulfide) groups is 1. The highest BCUT2D eigenvalue weighted by Crippen LogP contribution is 2.26. The minimum absolute atomic E-state index is 0.182. The smallest absolute Gasteiger partial charge is 0.272 e. The van der Waals surface area contributed by atoms with Crippen molar-refractivity contribution in [1.82, 2.24) is 25.4 Å². The number of amides is 2. The lowest BCUT2D eigenvalue weighted by atomic mass is 10.1. The Kier molecular flexibility index (Phi) is 7.56. The fourth-order valence-corrected chi connectivity index (χ4v) is 4.41. The van der Waals surface area contributed by atoms with Gasteiger partial charge in [0.15, 0.2) is 0 Å². The van der Waals surface area contributed by atoms with E-state index in [1.54, 1.807) is 16.9 Å². The van der Waals surface area contributed by atoms with E-state index >= 15 is 0 Å². The fraction of sp³-hybridized carbons (Fsp3) is 0.458. The molecule has 1 saturated heterocycles. The van der Waals surface area contributed by atoms with E-state index in [-0.39, 0.29) is 29.8 Å². The molecule has 35 heavy (non-hydrogen) atoms. The molecule has 2 aromatic rings. The van der Waals surface area contributed by atoms with Crippen molar-refractivity contribution in [2.75, 3.05) is 30.3 Å². The number of aliphatic hydroxyl groups is 1. The average molecular weight is 498 g/mol. The van der Waals surface area contributed by atoms with Crippen molar-refractivity contribution in [2.45, 2.75) is 45.3 Å². The van der Waals surface area contributed by atoms with Crippen LogP contribution in [0.5, 0.6) is 0 Å². The first-order chi connectivity index (χ1) is 16.7. The highest BCUT2D eigenvalue weighted by Gasteiger charge is 2.20. The van der Waals surface area contributed by atoms with Gasteiger partial charge in [-0.25, -0.2) is 9.98 Å². The lowest BCUT2D eigenvalue weighted by molar-refractivity contribution is -0.118. The number of hydrogen-bond acceptors (Lipinski definition) is 8. The molecular formula is C24H31N7O3S. The molecule has 0 saturated carbocycles. The van der Waals surface area contributed by atoms with Crippen LogP contribution in [0, 0.1) is 0 Å². The van der Waals surface area contributed by atoms with Gasteiger partial charge in [0, 0.05) is 19.3 Å². The third-order valence-electron chi connectivity index (χ3n) is 5.66. The number of aliphatic imine (C=N–C) groups is 1. The number of nitrogens with one attached hydrogen (secondary N) is 2. The molecule has 0 aromatic carbocycles. The highest BCUT2D eigenvalue weighted by molar-refractivity contribution is 8.03. The number of pyridine rings is 1. The van der Waals surface area contributed by atoms with Crippen molar-refractivity contribution in [1.29, 1.82) is 0 Å². The first-order valence-electron chi connectivity index (χ1n) is 11.6. The number of aromatic nitrogens is 3. The van der Waals surface area contributed by atoms with Crippen molar-refractivity contribution < 1.29 is 14.7 Å². The van der Waals surface area contributed by atoms with Gasteiger partial charge in [-0.3, -0.25) is 14.3 Å². The van der Waals surface area contributed by atoms with E-state index in [0.717, 1.165) is 37.4 Å². The number of piperidine rings is 1. The summed E-state index contributed by atoms with van der Waals surface area (Å²) in [7, 11) is 0. The molecule has 2 aromatic heterocycles. The summed E-state index contributed by atoms with van der Waals surface area (Å²) < 4.78 is 1.71. The van der Waals surface area contributed by atoms with Crippen LogP contribution in [0.2, 0.25) is 0 Å². The maximum absolute atomic E-state index is 12.4. The van der Waals surface area contributed by atoms with Gasteiger partial charge in [-0.1, -0.05) is 6.07 Å². The topological polar surface area (TPSA) is 125 Å². The standard InChI is InChI=1S/C24H31N7O3S/c1-24(2,3)31-12-9-18(29-31)23(34)25-13-22(33)28-20-15-35-14-19(26-20)17-5-4-6-21(27-17)30-10-7-16(32)8-11-30/h4-6,9,12,14,16,32H,7-8,10-11,13,15H2,1-3H3,(H,25,34)(H,26,28,33). The van der Waals surface area contributed by atoms with Gasteiger partial charge in [0.25, 0.3) is 5.91 Å². The zero-order chi connectivity index (χ0) is 25.0. The van der Waals surface area contributed by atoms with Crippen molar-refractivity contribution in [2.24, 2.45) is 4.99 Å². The van der Waals surface area contributed by atoms with Crippen molar-refractivity contribution in [3.8, 4) is 0 Å². The Bertz CT molecular complexity index is 1140.